The van der Waals surface area contributed by atoms with Gasteiger partial charge in [-0.1, -0.05) is 12.1 Å². The van der Waals surface area contributed by atoms with Gasteiger partial charge in [0.1, 0.15) is 17.7 Å². The van der Waals surface area contributed by atoms with Crippen LogP contribution in [0.2, 0.25) is 0 Å². The van der Waals surface area contributed by atoms with Crippen molar-refractivity contribution in [1.29, 1.82) is 0 Å². The smallest absolute Gasteiger partial charge is 0.253 e. The number of halogens is 2. The van der Waals surface area contributed by atoms with Gasteiger partial charge in [-0.3, -0.25) is 9.59 Å². The summed E-state index contributed by atoms with van der Waals surface area (Å²) < 4.78 is 40.1. The van der Waals surface area contributed by atoms with Gasteiger partial charge in [-0.05, 0) is 69.5 Å². The van der Waals surface area contributed by atoms with E-state index in [-0.39, 0.29) is 42.4 Å². The number of carbonyl (C=O) groups excluding carboxylic acids is 2. The molecule has 2 amide bonds. The molecule has 0 bridgehead atoms. The molecule has 2 saturated heterocycles. The number of likely N-dealkylation sites (tertiary alicyclic amines) is 1. The van der Waals surface area contributed by atoms with Gasteiger partial charge in [-0.2, -0.15) is 0 Å². The number of alkyl halides is 1. The molecule has 7 nitrogen and oxygen atoms in total. The summed E-state index contributed by atoms with van der Waals surface area (Å²) in [5.74, 6) is -0.345. The molecule has 4 rings (SSSR count). The zero-order chi connectivity index (χ0) is 28.6. The molecule has 0 aromatic heterocycles. The molecule has 1 unspecified atom stereocenters. The number of amides is 2. The Morgan fingerprint density at radius 1 is 1.12 bits per heavy atom. The maximum absolute atomic E-state index is 15.2. The number of methoxy groups -OCH3 is 1. The molecule has 1 N–H and O–H groups in total. The fraction of sp³-hybridized carbons (Fsp3) is 0.548. The second kappa shape index (κ2) is 14.0. The zero-order valence-corrected chi connectivity index (χ0v) is 23.8. The van der Waals surface area contributed by atoms with Crippen molar-refractivity contribution < 1.29 is 27.8 Å². The van der Waals surface area contributed by atoms with Crippen molar-refractivity contribution in [3.8, 4) is 16.9 Å². The highest BCUT2D eigenvalue weighted by atomic mass is 19.1. The van der Waals surface area contributed by atoms with Gasteiger partial charge in [0.25, 0.3) is 5.91 Å². The Morgan fingerprint density at radius 3 is 2.62 bits per heavy atom. The van der Waals surface area contributed by atoms with Crippen LogP contribution in [0.5, 0.6) is 5.75 Å². The largest absolute Gasteiger partial charge is 0.493 e. The van der Waals surface area contributed by atoms with Crippen LogP contribution in [0.25, 0.3) is 11.1 Å². The van der Waals surface area contributed by atoms with Crippen molar-refractivity contribution in [3.05, 3.63) is 53.3 Å². The molecule has 2 aromatic rings. The number of benzene rings is 2. The fourth-order valence-corrected chi connectivity index (χ4v) is 5.60. The van der Waals surface area contributed by atoms with Crippen LogP contribution < -0.4 is 10.1 Å². The van der Waals surface area contributed by atoms with Gasteiger partial charge in [0.2, 0.25) is 5.91 Å². The summed E-state index contributed by atoms with van der Waals surface area (Å²) in [5, 5.41) is 3.39. The summed E-state index contributed by atoms with van der Waals surface area (Å²) in [6, 6.07) is 9.77. The summed E-state index contributed by atoms with van der Waals surface area (Å²) in [7, 11) is 1.61. The Hall–Kier alpha value is -3.04. The van der Waals surface area contributed by atoms with Crippen LogP contribution in [0.1, 0.15) is 55.5 Å². The van der Waals surface area contributed by atoms with Crippen LogP contribution in [0.4, 0.5) is 8.78 Å². The van der Waals surface area contributed by atoms with E-state index in [2.05, 4.69) is 5.32 Å². The Labute approximate surface area is 235 Å². The maximum atomic E-state index is 15.2. The van der Waals surface area contributed by atoms with Crippen LogP contribution in [-0.2, 0) is 16.0 Å². The van der Waals surface area contributed by atoms with Crippen molar-refractivity contribution in [2.45, 2.75) is 64.2 Å². The topological polar surface area (TPSA) is 71.1 Å². The van der Waals surface area contributed by atoms with Crippen LogP contribution >= 0.6 is 0 Å². The van der Waals surface area contributed by atoms with E-state index in [1.165, 1.54) is 23.1 Å². The lowest BCUT2D eigenvalue weighted by molar-refractivity contribution is -0.135. The first kappa shape index (κ1) is 29.9. The molecule has 40 heavy (non-hydrogen) atoms. The molecule has 0 spiro atoms. The Kier molecular flexibility index (Phi) is 10.5. The predicted molar refractivity (Wildman–Crippen MR) is 151 cm³/mol. The highest BCUT2D eigenvalue weighted by Gasteiger charge is 2.29. The van der Waals surface area contributed by atoms with Crippen molar-refractivity contribution in [2.24, 2.45) is 0 Å². The van der Waals surface area contributed by atoms with E-state index in [0.29, 0.717) is 49.5 Å². The number of ether oxygens (including phenoxy) is 2. The molecule has 2 atom stereocenters. The maximum Gasteiger partial charge on any atom is 0.253 e. The summed E-state index contributed by atoms with van der Waals surface area (Å²) in [4.78, 5) is 29.9. The number of hydrogen-bond acceptors (Lipinski definition) is 5. The third-order valence-corrected chi connectivity index (χ3v) is 7.58. The van der Waals surface area contributed by atoms with E-state index >= 15 is 4.39 Å². The van der Waals surface area contributed by atoms with E-state index < -0.39 is 12.0 Å². The second-order valence-corrected chi connectivity index (χ2v) is 10.9. The SMILES string of the molecule is COCCCOc1cc(CC(=O)N(C(C)C)[C@@H]2CCCNC2)ccc1-c1cc(C(=O)N2CCC(F)C2)ccc1F. The standard InChI is InChI=1S/C31H41F2N3O4/c1-21(2)36(25-6-4-12-34-19-25)30(37)17-22-7-9-26(29(16-22)40-15-5-14-39-3)27-18-23(8-10-28(27)33)31(38)35-13-11-24(32)20-35/h7-10,16,18,21,24-25,34H,4-6,11-15,17,19-20H2,1-3H3/t24?,25-/m1/s1. The lowest BCUT2D eigenvalue weighted by atomic mass is 9.97. The van der Waals surface area contributed by atoms with E-state index in [4.69, 9.17) is 9.47 Å². The number of hydrogen-bond donors (Lipinski definition) is 1. The third kappa shape index (κ3) is 7.37. The Bertz CT molecular complexity index is 1170. The number of rotatable bonds is 11. The summed E-state index contributed by atoms with van der Waals surface area (Å²) in [5.41, 5.74) is 1.77. The lowest BCUT2D eigenvalue weighted by Crippen LogP contribution is -2.52. The second-order valence-electron chi connectivity index (χ2n) is 10.9. The normalized spacial score (nSPS) is 19.2. The van der Waals surface area contributed by atoms with Gasteiger partial charge < -0.3 is 24.6 Å². The Morgan fingerprint density at radius 2 is 1.95 bits per heavy atom. The van der Waals surface area contributed by atoms with Gasteiger partial charge in [0.15, 0.2) is 0 Å². The van der Waals surface area contributed by atoms with Gasteiger partial charge >= 0.3 is 0 Å². The first-order chi connectivity index (χ1) is 19.3. The van der Waals surface area contributed by atoms with E-state index in [9.17, 15) is 14.0 Å². The summed E-state index contributed by atoms with van der Waals surface area (Å²) in [6.45, 7) is 7.07. The number of carbonyl (C=O) groups is 2. The van der Waals surface area contributed by atoms with Crippen LogP contribution in [0.15, 0.2) is 36.4 Å². The number of piperidine rings is 1. The fourth-order valence-electron chi connectivity index (χ4n) is 5.60. The first-order valence-corrected chi connectivity index (χ1v) is 14.3. The Balaban J connectivity index is 1.61. The third-order valence-electron chi connectivity index (χ3n) is 7.58. The zero-order valence-electron chi connectivity index (χ0n) is 23.8. The summed E-state index contributed by atoms with van der Waals surface area (Å²) in [6.07, 6.45) is 2.12. The molecule has 2 aliphatic heterocycles. The molecule has 0 aliphatic carbocycles. The molecule has 2 fully saturated rings. The van der Waals surface area contributed by atoms with Gasteiger partial charge in [0, 0.05) is 62.0 Å². The van der Waals surface area contributed by atoms with E-state index in [0.717, 1.165) is 31.5 Å². The quantitative estimate of drug-likeness (QED) is 0.408. The van der Waals surface area contributed by atoms with Gasteiger partial charge in [-0.25, -0.2) is 8.78 Å². The van der Waals surface area contributed by atoms with Gasteiger partial charge in [-0.15, -0.1) is 0 Å². The molecule has 0 saturated carbocycles. The van der Waals surface area contributed by atoms with Crippen molar-refractivity contribution >= 4 is 11.8 Å². The average molecular weight is 558 g/mol. The number of nitrogens with one attached hydrogen (secondary N) is 1. The molecular formula is C31H41F2N3O4. The van der Waals surface area contributed by atoms with Crippen molar-refractivity contribution in [3.63, 3.8) is 0 Å². The highest BCUT2D eigenvalue weighted by Crippen LogP contribution is 2.34. The molecule has 9 heteroatoms. The van der Waals surface area contributed by atoms with Crippen LogP contribution in [-0.4, -0.2) is 86.4 Å². The van der Waals surface area contributed by atoms with Crippen molar-refractivity contribution in [2.75, 3.05) is 46.5 Å². The predicted octanol–water partition coefficient (Wildman–Crippen LogP) is 4.62. The molecule has 218 valence electrons. The molecule has 2 heterocycles. The average Bonchev–Trinajstić information content (AvgIpc) is 3.38. The van der Waals surface area contributed by atoms with E-state index in [1.807, 2.05) is 24.8 Å². The summed E-state index contributed by atoms with van der Waals surface area (Å²) >= 11 is 0. The number of nitrogens with zero attached hydrogens (tertiary/aromatic N) is 2. The lowest BCUT2D eigenvalue weighted by Gasteiger charge is -2.37. The van der Waals surface area contributed by atoms with Crippen molar-refractivity contribution in [1.82, 2.24) is 15.1 Å². The van der Waals surface area contributed by atoms with E-state index in [1.54, 1.807) is 19.2 Å². The van der Waals surface area contributed by atoms with Crippen LogP contribution in [0, 0.1) is 5.82 Å². The molecular weight excluding hydrogens is 516 g/mol. The molecule has 2 aromatic carbocycles. The van der Waals surface area contributed by atoms with Crippen LogP contribution in [0.3, 0.4) is 0 Å². The minimum absolute atomic E-state index is 0.0392. The molecule has 2 aliphatic rings. The molecule has 0 radical (unpaired) electrons. The highest BCUT2D eigenvalue weighted by molar-refractivity contribution is 5.96. The minimum Gasteiger partial charge on any atom is -0.493 e. The van der Waals surface area contributed by atoms with Gasteiger partial charge in [0.05, 0.1) is 19.6 Å². The monoisotopic (exact) mass is 557 g/mol. The first-order valence-electron chi connectivity index (χ1n) is 14.3. The minimum atomic E-state index is -1.03.